The zero-order valence-corrected chi connectivity index (χ0v) is 27.7. The number of amides is 3. The molecule has 52 heavy (non-hydrogen) atoms. The number of ketones is 2. The average Bonchev–Trinajstić information content (AvgIpc) is 3.11. The summed E-state index contributed by atoms with van der Waals surface area (Å²) in [7, 11) is 1.38. The van der Waals surface area contributed by atoms with Gasteiger partial charge in [-0.15, -0.1) is 0 Å². The molecule has 11 nitrogen and oxygen atoms in total. The molecule has 1 saturated carbocycles. The van der Waals surface area contributed by atoms with Gasteiger partial charge in [-0.05, 0) is 66.3 Å². The second kappa shape index (κ2) is 17.0. The Kier molecular flexibility index (Phi) is 12.8. The number of carbonyl (C=O) groups excluding carboxylic acids is 5. The van der Waals surface area contributed by atoms with Gasteiger partial charge in [-0.2, -0.15) is 27.2 Å². The highest BCUT2D eigenvalue weighted by atomic mass is 19.4. The van der Waals surface area contributed by atoms with Gasteiger partial charge in [0.05, 0.1) is 18.7 Å². The van der Waals surface area contributed by atoms with Crippen molar-refractivity contribution in [1.82, 2.24) is 20.9 Å². The number of alkyl halides is 5. The summed E-state index contributed by atoms with van der Waals surface area (Å²) in [5.74, 6) is -14.1. The Hall–Kier alpha value is -5.72. The molecule has 0 aliphatic heterocycles. The van der Waals surface area contributed by atoms with Crippen LogP contribution in [0.3, 0.4) is 0 Å². The molecule has 3 amide bonds. The van der Waals surface area contributed by atoms with Crippen LogP contribution in [0.15, 0.2) is 72.9 Å². The van der Waals surface area contributed by atoms with Gasteiger partial charge in [0.15, 0.2) is 5.78 Å². The highest BCUT2D eigenvalue weighted by Gasteiger charge is 2.53. The minimum Gasteiger partial charge on any atom is -0.497 e. The summed E-state index contributed by atoms with van der Waals surface area (Å²) in [6, 6.07) is 15.5. The lowest BCUT2D eigenvalue weighted by Gasteiger charge is -2.35. The Morgan fingerprint density at radius 1 is 0.962 bits per heavy atom. The van der Waals surface area contributed by atoms with Crippen LogP contribution < -0.4 is 20.7 Å². The van der Waals surface area contributed by atoms with E-state index in [9.17, 15) is 42.4 Å². The fourth-order valence-corrected chi connectivity index (χ4v) is 5.62. The number of hydrogen-bond acceptors (Lipinski definition) is 8. The maximum atomic E-state index is 15.1. The van der Waals surface area contributed by atoms with E-state index in [1.807, 2.05) is 6.07 Å². The lowest BCUT2D eigenvalue weighted by atomic mass is 9.70. The molecule has 4 rings (SSSR count). The lowest BCUT2D eigenvalue weighted by molar-refractivity contribution is -0.168. The molecule has 2 aromatic carbocycles. The first-order chi connectivity index (χ1) is 24.6. The molecule has 1 heterocycles. The molecule has 1 aliphatic rings. The zero-order chi connectivity index (χ0) is 38.1. The van der Waals surface area contributed by atoms with Crippen LogP contribution in [-0.4, -0.2) is 66.1 Å². The average molecular weight is 728 g/mol. The monoisotopic (exact) mass is 727 g/mol. The number of nitrogens with zero attached hydrogens (tertiary/aromatic N) is 2. The predicted molar refractivity (Wildman–Crippen MR) is 174 cm³/mol. The van der Waals surface area contributed by atoms with Gasteiger partial charge in [-0.3, -0.25) is 29.0 Å². The molecule has 16 heteroatoms. The van der Waals surface area contributed by atoms with Gasteiger partial charge < -0.3 is 20.7 Å². The number of benzene rings is 2. The standard InChI is InChI=1S/C36H34F5N5O6/c1-52-25-13-11-24(12-14-25)30(29(47)18-26(23-8-5-9-23)31(48)36(40,41)34(51)44-20-35(37,38)39)46-33(50)28(17-21-6-4-7-22(16-21)19-42)45-32(49)27-10-2-3-15-43-27/h2-4,6-7,10-16,23,26,28,30H,5,8-9,17-18,20H2,1H3,(H,44,51)(H,45,49)(H,46,50)/t26-,28-,30-/m0/s1. The SMILES string of the molecule is COc1ccc([C@H](NC(=O)[C@H](Cc2cccc(C#N)c2)NC(=O)c2ccccn2)C(=O)C[C@H](C(=O)C(F)(F)C(=O)NCC(F)(F)F)C2CCC2)cc1. The summed E-state index contributed by atoms with van der Waals surface area (Å²) in [5.41, 5.74) is 0.856. The highest BCUT2D eigenvalue weighted by molar-refractivity contribution is 6.09. The highest BCUT2D eigenvalue weighted by Crippen LogP contribution is 2.40. The third-order valence-corrected chi connectivity index (χ3v) is 8.59. The summed E-state index contributed by atoms with van der Waals surface area (Å²) in [6.45, 7) is -2.09. The van der Waals surface area contributed by atoms with Gasteiger partial charge in [0.1, 0.15) is 30.1 Å². The first-order valence-electron chi connectivity index (χ1n) is 16.1. The number of aromatic nitrogens is 1. The van der Waals surface area contributed by atoms with E-state index in [1.165, 1.54) is 55.8 Å². The summed E-state index contributed by atoms with van der Waals surface area (Å²) in [6.07, 6.45) is -3.70. The van der Waals surface area contributed by atoms with E-state index in [0.29, 0.717) is 17.7 Å². The van der Waals surface area contributed by atoms with E-state index < -0.39 is 78.3 Å². The number of methoxy groups -OCH3 is 1. The molecule has 0 saturated heterocycles. The van der Waals surface area contributed by atoms with Crippen LogP contribution >= 0.6 is 0 Å². The summed E-state index contributed by atoms with van der Waals surface area (Å²) >= 11 is 0. The van der Waals surface area contributed by atoms with Crippen LogP contribution in [0.5, 0.6) is 5.75 Å². The van der Waals surface area contributed by atoms with Gasteiger partial charge in [-0.25, -0.2) is 0 Å². The second-order valence-electron chi connectivity index (χ2n) is 12.2. The molecule has 3 N–H and O–H groups in total. The van der Waals surface area contributed by atoms with E-state index in [4.69, 9.17) is 4.74 Å². The molecule has 0 spiro atoms. The van der Waals surface area contributed by atoms with Crippen LogP contribution in [0, 0.1) is 23.2 Å². The van der Waals surface area contributed by atoms with Gasteiger partial charge in [0, 0.05) is 25.0 Å². The predicted octanol–water partition coefficient (Wildman–Crippen LogP) is 4.42. The lowest BCUT2D eigenvalue weighted by Crippen LogP contribution is -2.53. The molecule has 1 aromatic heterocycles. The third kappa shape index (κ3) is 10.2. The van der Waals surface area contributed by atoms with Crippen molar-refractivity contribution in [1.29, 1.82) is 5.26 Å². The number of halogens is 5. The molecule has 1 aliphatic carbocycles. The van der Waals surface area contributed by atoms with Gasteiger partial charge in [0.25, 0.3) is 11.8 Å². The van der Waals surface area contributed by atoms with Crippen molar-refractivity contribution in [2.45, 2.75) is 56.3 Å². The molecular weight excluding hydrogens is 693 g/mol. The van der Waals surface area contributed by atoms with Crippen LogP contribution in [0.2, 0.25) is 0 Å². The molecule has 0 unspecified atom stereocenters. The van der Waals surface area contributed by atoms with Crippen LogP contribution in [-0.2, 0) is 25.6 Å². The van der Waals surface area contributed by atoms with Crippen molar-refractivity contribution < 1.29 is 50.7 Å². The Labute approximate surface area is 294 Å². The number of ether oxygens (including phenoxy) is 1. The van der Waals surface area contributed by atoms with E-state index >= 15 is 8.78 Å². The molecule has 0 bridgehead atoms. The number of nitrogens with one attached hydrogen (secondary N) is 3. The molecule has 0 radical (unpaired) electrons. The fourth-order valence-electron chi connectivity index (χ4n) is 5.62. The van der Waals surface area contributed by atoms with Crippen LogP contribution in [0.1, 0.15) is 58.9 Å². The maximum absolute atomic E-state index is 15.1. The van der Waals surface area contributed by atoms with Gasteiger partial charge in [0.2, 0.25) is 11.7 Å². The van der Waals surface area contributed by atoms with Crippen molar-refractivity contribution in [2.75, 3.05) is 13.7 Å². The van der Waals surface area contributed by atoms with E-state index in [2.05, 4.69) is 15.6 Å². The smallest absolute Gasteiger partial charge is 0.405 e. The second-order valence-corrected chi connectivity index (χ2v) is 12.2. The van der Waals surface area contributed by atoms with E-state index in [-0.39, 0.29) is 36.1 Å². The van der Waals surface area contributed by atoms with Gasteiger partial charge in [-0.1, -0.05) is 36.8 Å². The maximum Gasteiger partial charge on any atom is 0.405 e. The number of Topliss-reactive ketones (excluding diaryl/α,β-unsaturated/α-hetero) is 2. The number of carbonyl (C=O) groups is 5. The Morgan fingerprint density at radius 3 is 2.25 bits per heavy atom. The summed E-state index contributed by atoms with van der Waals surface area (Å²) in [5, 5.41) is 15.5. The summed E-state index contributed by atoms with van der Waals surface area (Å²) < 4.78 is 73.2. The quantitative estimate of drug-likeness (QED) is 0.144. The van der Waals surface area contributed by atoms with E-state index in [1.54, 1.807) is 24.3 Å². The zero-order valence-electron chi connectivity index (χ0n) is 27.7. The minimum absolute atomic E-state index is 0.0316. The van der Waals surface area contributed by atoms with Crippen molar-refractivity contribution in [2.24, 2.45) is 11.8 Å². The Morgan fingerprint density at radius 2 is 1.67 bits per heavy atom. The first-order valence-corrected chi connectivity index (χ1v) is 16.1. The largest absolute Gasteiger partial charge is 0.497 e. The molecule has 1 fully saturated rings. The first kappa shape index (κ1) is 39.1. The topological polar surface area (TPSA) is 167 Å². The third-order valence-electron chi connectivity index (χ3n) is 8.59. The molecular formula is C36H34F5N5O6. The Bertz CT molecular complexity index is 1810. The number of rotatable bonds is 16. The van der Waals surface area contributed by atoms with Crippen molar-refractivity contribution in [3.05, 3.63) is 95.3 Å². The molecule has 3 atom stereocenters. The van der Waals surface area contributed by atoms with Crippen molar-refractivity contribution in [3.8, 4) is 11.8 Å². The number of nitriles is 1. The van der Waals surface area contributed by atoms with Crippen molar-refractivity contribution in [3.63, 3.8) is 0 Å². The number of hydrogen-bond donors (Lipinski definition) is 3. The van der Waals surface area contributed by atoms with Crippen LogP contribution in [0.25, 0.3) is 0 Å². The van der Waals surface area contributed by atoms with Crippen LogP contribution in [0.4, 0.5) is 22.0 Å². The molecule has 274 valence electrons. The van der Waals surface area contributed by atoms with E-state index in [0.717, 1.165) is 5.32 Å². The minimum atomic E-state index is -5.02. The number of pyridine rings is 1. The fraction of sp³-hybridized carbons (Fsp3) is 0.361. The Balaban J connectivity index is 1.65. The summed E-state index contributed by atoms with van der Waals surface area (Å²) in [4.78, 5) is 70.4. The normalized spacial score (nSPS) is 14.8. The van der Waals surface area contributed by atoms with Gasteiger partial charge >= 0.3 is 12.1 Å². The van der Waals surface area contributed by atoms with Crippen molar-refractivity contribution >= 4 is 29.3 Å². The molecule has 3 aromatic rings.